The van der Waals surface area contributed by atoms with Gasteiger partial charge >= 0.3 is 5.97 Å². The first-order valence-electron chi connectivity index (χ1n) is 10.1. The smallest absolute Gasteiger partial charge is 0.337 e. The Labute approximate surface area is 188 Å². The van der Waals surface area contributed by atoms with E-state index in [1.807, 2.05) is 6.07 Å². The normalized spacial score (nSPS) is 16.5. The van der Waals surface area contributed by atoms with Gasteiger partial charge < -0.3 is 24.4 Å². The van der Waals surface area contributed by atoms with Gasteiger partial charge in [0.15, 0.2) is 4.90 Å². The summed E-state index contributed by atoms with van der Waals surface area (Å²) in [6, 6.07) is 12.2. The van der Waals surface area contributed by atoms with Crippen molar-refractivity contribution in [3.05, 3.63) is 66.0 Å². The number of carboxylic acids is 1. The Morgan fingerprint density at radius 1 is 1.25 bits per heavy atom. The molecule has 166 valence electrons. The SMILES string of the molecule is C[S+]([O-])c1ccc(Oc2ncc(Nc3ccc(C(=O)O)cn3)cc2CC2CCOC2)cc1. The lowest BCUT2D eigenvalue weighted by atomic mass is 9.99. The van der Waals surface area contributed by atoms with Gasteiger partial charge in [0.2, 0.25) is 5.88 Å². The topological polar surface area (TPSA) is 117 Å². The largest absolute Gasteiger partial charge is 0.612 e. The van der Waals surface area contributed by atoms with Gasteiger partial charge in [-0.05, 0) is 72.4 Å². The van der Waals surface area contributed by atoms with Crippen LogP contribution in [0.4, 0.5) is 11.5 Å². The highest BCUT2D eigenvalue weighted by Gasteiger charge is 2.20. The zero-order chi connectivity index (χ0) is 22.5. The van der Waals surface area contributed by atoms with Crippen molar-refractivity contribution in [3.63, 3.8) is 0 Å². The highest BCUT2D eigenvalue weighted by molar-refractivity contribution is 7.90. The number of benzene rings is 1. The third kappa shape index (κ3) is 5.56. The Bertz CT molecular complexity index is 1070. The Hall–Kier alpha value is -3.14. The zero-order valence-corrected chi connectivity index (χ0v) is 18.3. The predicted molar refractivity (Wildman–Crippen MR) is 120 cm³/mol. The van der Waals surface area contributed by atoms with E-state index in [0.717, 1.165) is 35.6 Å². The van der Waals surface area contributed by atoms with Crippen molar-refractivity contribution < 1.29 is 23.9 Å². The molecular weight excluding hydrogens is 430 g/mol. The monoisotopic (exact) mass is 453 g/mol. The lowest BCUT2D eigenvalue weighted by molar-refractivity contribution is 0.0696. The van der Waals surface area contributed by atoms with E-state index >= 15 is 0 Å². The number of anilines is 2. The second-order valence-corrected chi connectivity index (χ2v) is 8.89. The number of carbonyl (C=O) groups is 1. The van der Waals surface area contributed by atoms with Crippen LogP contribution < -0.4 is 10.1 Å². The summed E-state index contributed by atoms with van der Waals surface area (Å²) < 4.78 is 23.2. The summed E-state index contributed by atoms with van der Waals surface area (Å²) in [5, 5.41) is 12.2. The molecule has 2 N–H and O–H groups in total. The van der Waals surface area contributed by atoms with Crippen LogP contribution in [0.5, 0.6) is 11.6 Å². The average Bonchev–Trinajstić information content (AvgIpc) is 3.29. The molecule has 3 heterocycles. The summed E-state index contributed by atoms with van der Waals surface area (Å²) in [5.74, 6) is 0.992. The van der Waals surface area contributed by atoms with Gasteiger partial charge in [-0.3, -0.25) is 0 Å². The van der Waals surface area contributed by atoms with Crippen LogP contribution in [-0.2, 0) is 22.3 Å². The molecule has 2 unspecified atom stereocenters. The van der Waals surface area contributed by atoms with Crippen molar-refractivity contribution in [2.75, 3.05) is 24.8 Å². The van der Waals surface area contributed by atoms with E-state index in [2.05, 4.69) is 15.3 Å². The lowest BCUT2D eigenvalue weighted by Crippen LogP contribution is -2.07. The maximum atomic E-state index is 11.6. The molecule has 8 nitrogen and oxygen atoms in total. The lowest BCUT2D eigenvalue weighted by Gasteiger charge is -2.15. The van der Waals surface area contributed by atoms with E-state index in [4.69, 9.17) is 14.6 Å². The number of nitrogens with zero attached hydrogens (tertiary/aromatic N) is 2. The molecule has 1 fully saturated rings. The molecule has 0 amide bonds. The van der Waals surface area contributed by atoms with Crippen LogP contribution >= 0.6 is 0 Å². The van der Waals surface area contributed by atoms with Gasteiger partial charge in [-0.2, -0.15) is 0 Å². The molecule has 1 aliphatic heterocycles. The fourth-order valence-corrected chi connectivity index (χ4v) is 3.93. The zero-order valence-electron chi connectivity index (χ0n) is 17.5. The van der Waals surface area contributed by atoms with Crippen LogP contribution in [0.3, 0.4) is 0 Å². The first-order chi connectivity index (χ1) is 15.5. The number of carboxylic acid groups (broad SMARTS) is 1. The van der Waals surface area contributed by atoms with Crippen molar-refractivity contribution in [1.82, 2.24) is 9.97 Å². The number of aromatic nitrogens is 2. The molecule has 0 bridgehead atoms. The van der Waals surface area contributed by atoms with Gasteiger partial charge in [0, 0.05) is 25.0 Å². The second-order valence-electron chi connectivity index (χ2n) is 7.51. The van der Waals surface area contributed by atoms with E-state index in [1.54, 1.807) is 42.8 Å². The molecule has 2 aromatic heterocycles. The van der Waals surface area contributed by atoms with Gasteiger partial charge in [0.1, 0.15) is 17.8 Å². The van der Waals surface area contributed by atoms with Crippen LogP contribution in [-0.4, -0.2) is 45.1 Å². The maximum Gasteiger partial charge on any atom is 0.337 e. The highest BCUT2D eigenvalue weighted by atomic mass is 32.2. The maximum absolute atomic E-state index is 11.6. The van der Waals surface area contributed by atoms with Gasteiger partial charge in [-0.25, -0.2) is 14.8 Å². The van der Waals surface area contributed by atoms with Crippen LogP contribution in [0.2, 0.25) is 0 Å². The number of ether oxygens (including phenoxy) is 2. The molecule has 3 aromatic rings. The summed E-state index contributed by atoms with van der Waals surface area (Å²) in [4.78, 5) is 20.4. The molecule has 0 aliphatic carbocycles. The van der Waals surface area contributed by atoms with Crippen molar-refractivity contribution in [1.29, 1.82) is 0 Å². The number of pyridine rings is 2. The van der Waals surface area contributed by atoms with Crippen LogP contribution in [0.15, 0.2) is 59.8 Å². The van der Waals surface area contributed by atoms with E-state index < -0.39 is 17.1 Å². The van der Waals surface area contributed by atoms with Crippen LogP contribution in [0.1, 0.15) is 22.3 Å². The summed E-state index contributed by atoms with van der Waals surface area (Å²) >= 11 is -1.05. The fourth-order valence-electron chi connectivity index (χ4n) is 3.41. The summed E-state index contributed by atoms with van der Waals surface area (Å²) in [7, 11) is 0. The van der Waals surface area contributed by atoms with Gasteiger partial charge in [-0.1, -0.05) is 0 Å². The van der Waals surface area contributed by atoms with Crippen molar-refractivity contribution in [3.8, 4) is 11.6 Å². The molecule has 32 heavy (non-hydrogen) atoms. The molecule has 0 saturated carbocycles. The summed E-state index contributed by atoms with van der Waals surface area (Å²) in [6.45, 7) is 1.45. The number of hydrogen-bond donors (Lipinski definition) is 2. The standard InChI is InChI=1S/C23H23N3O5S/c1-32(29)20-5-3-19(4-6-20)31-22-17(10-15-8-9-30-14-15)11-18(13-25-22)26-21-7-2-16(12-24-21)23(27)28/h2-7,11-13,15H,8-10,14H2,1H3,(H,24,26)(H,27,28). The van der Waals surface area contributed by atoms with Gasteiger partial charge in [-0.15, -0.1) is 0 Å². The predicted octanol–water partition coefficient (Wildman–Crippen LogP) is 4.03. The molecule has 2 atom stereocenters. The second kappa shape index (κ2) is 9.99. The molecule has 1 saturated heterocycles. The molecular formula is C23H23N3O5S. The third-order valence-electron chi connectivity index (χ3n) is 5.11. The van der Waals surface area contributed by atoms with E-state index in [0.29, 0.717) is 30.0 Å². The first-order valence-corrected chi connectivity index (χ1v) is 11.7. The average molecular weight is 454 g/mol. The van der Waals surface area contributed by atoms with E-state index in [9.17, 15) is 9.35 Å². The first kappa shape index (κ1) is 22.1. The molecule has 1 aliphatic rings. The minimum Gasteiger partial charge on any atom is -0.612 e. The number of nitrogens with one attached hydrogen (secondary N) is 1. The number of rotatable bonds is 8. The van der Waals surface area contributed by atoms with Gasteiger partial charge in [0.05, 0.1) is 17.4 Å². The summed E-state index contributed by atoms with van der Waals surface area (Å²) in [5.41, 5.74) is 1.77. The van der Waals surface area contributed by atoms with Crippen molar-refractivity contribution in [2.45, 2.75) is 17.7 Å². The fraction of sp³-hybridized carbons (Fsp3) is 0.261. The third-order valence-corrected chi connectivity index (χ3v) is 6.05. The Balaban J connectivity index is 1.55. The Morgan fingerprint density at radius 3 is 2.69 bits per heavy atom. The number of hydrogen-bond acceptors (Lipinski definition) is 7. The van der Waals surface area contributed by atoms with E-state index in [1.165, 1.54) is 12.3 Å². The van der Waals surface area contributed by atoms with Gasteiger partial charge in [0.25, 0.3) is 0 Å². The summed E-state index contributed by atoms with van der Waals surface area (Å²) in [6.07, 6.45) is 6.31. The Kier molecular flexibility index (Phi) is 6.89. The Morgan fingerprint density at radius 2 is 2.06 bits per heavy atom. The molecule has 1 aromatic carbocycles. The van der Waals surface area contributed by atoms with Crippen molar-refractivity contribution >= 4 is 28.7 Å². The molecule has 0 spiro atoms. The molecule has 9 heteroatoms. The number of aromatic carboxylic acids is 1. The van der Waals surface area contributed by atoms with Crippen LogP contribution in [0, 0.1) is 5.92 Å². The highest BCUT2D eigenvalue weighted by Crippen LogP contribution is 2.30. The molecule has 4 rings (SSSR count). The van der Waals surface area contributed by atoms with E-state index in [-0.39, 0.29) is 5.56 Å². The molecule has 0 radical (unpaired) electrons. The van der Waals surface area contributed by atoms with Crippen molar-refractivity contribution in [2.24, 2.45) is 5.92 Å². The minimum absolute atomic E-state index is 0.122. The minimum atomic E-state index is -1.05. The quantitative estimate of drug-likeness (QED) is 0.491. The van der Waals surface area contributed by atoms with Crippen LogP contribution in [0.25, 0.3) is 0 Å².